The standard InChI is InChI=1S/C18H28O/c1-12-10-15(18(3,4)5)11-13(2)17(12)14-6-8-16(19)9-7-14/h10-11,14,16,19H,6-9H2,1-5H3. The molecule has 0 unspecified atom stereocenters. The van der Waals surface area contributed by atoms with Crippen molar-refractivity contribution in [3.8, 4) is 0 Å². The van der Waals surface area contributed by atoms with E-state index in [1.54, 1.807) is 5.56 Å². The lowest BCUT2D eigenvalue weighted by Crippen LogP contribution is -2.19. The maximum atomic E-state index is 9.66. The lowest BCUT2D eigenvalue weighted by Gasteiger charge is -2.30. The average molecular weight is 260 g/mol. The maximum absolute atomic E-state index is 9.66. The summed E-state index contributed by atoms with van der Waals surface area (Å²) in [7, 11) is 0. The molecule has 1 aliphatic carbocycles. The molecule has 1 aromatic carbocycles. The van der Waals surface area contributed by atoms with E-state index in [1.807, 2.05) is 0 Å². The van der Waals surface area contributed by atoms with Crippen molar-refractivity contribution in [3.63, 3.8) is 0 Å². The van der Waals surface area contributed by atoms with Gasteiger partial charge in [0.15, 0.2) is 0 Å². The van der Waals surface area contributed by atoms with Crippen LogP contribution in [-0.2, 0) is 5.41 Å². The first-order valence-corrected chi connectivity index (χ1v) is 7.58. The minimum atomic E-state index is -0.0642. The summed E-state index contributed by atoms with van der Waals surface area (Å²) < 4.78 is 0. The van der Waals surface area contributed by atoms with Gasteiger partial charge in [0.2, 0.25) is 0 Å². The first kappa shape index (κ1) is 14.6. The van der Waals surface area contributed by atoms with E-state index in [9.17, 15) is 5.11 Å². The summed E-state index contributed by atoms with van der Waals surface area (Å²) in [6.45, 7) is 11.3. The number of aliphatic hydroxyl groups is 1. The van der Waals surface area contributed by atoms with E-state index >= 15 is 0 Å². The van der Waals surface area contributed by atoms with Crippen LogP contribution in [0.2, 0.25) is 0 Å². The minimum Gasteiger partial charge on any atom is -0.393 e. The summed E-state index contributed by atoms with van der Waals surface area (Å²) >= 11 is 0. The topological polar surface area (TPSA) is 20.2 Å². The highest BCUT2D eigenvalue weighted by atomic mass is 16.3. The average Bonchev–Trinajstić information content (AvgIpc) is 2.29. The monoisotopic (exact) mass is 260 g/mol. The van der Waals surface area contributed by atoms with Crippen molar-refractivity contribution in [1.29, 1.82) is 0 Å². The number of benzene rings is 1. The van der Waals surface area contributed by atoms with Crippen molar-refractivity contribution in [1.82, 2.24) is 0 Å². The fourth-order valence-electron chi connectivity index (χ4n) is 3.42. The van der Waals surface area contributed by atoms with Crippen LogP contribution in [0.3, 0.4) is 0 Å². The predicted molar refractivity (Wildman–Crippen MR) is 81.8 cm³/mol. The maximum Gasteiger partial charge on any atom is 0.0540 e. The highest BCUT2D eigenvalue weighted by Crippen LogP contribution is 2.38. The summed E-state index contributed by atoms with van der Waals surface area (Å²) in [6, 6.07) is 4.74. The Morgan fingerprint density at radius 1 is 0.947 bits per heavy atom. The van der Waals surface area contributed by atoms with Crippen molar-refractivity contribution in [3.05, 3.63) is 34.4 Å². The summed E-state index contributed by atoms with van der Waals surface area (Å²) in [5.41, 5.74) is 6.07. The molecule has 0 radical (unpaired) electrons. The van der Waals surface area contributed by atoms with Gasteiger partial charge in [0.25, 0.3) is 0 Å². The highest BCUT2D eigenvalue weighted by molar-refractivity contribution is 5.42. The zero-order valence-electron chi connectivity index (χ0n) is 13.1. The van der Waals surface area contributed by atoms with Crippen LogP contribution in [0.4, 0.5) is 0 Å². The van der Waals surface area contributed by atoms with Gasteiger partial charge >= 0.3 is 0 Å². The molecule has 2 rings (SSSR count). The van der Waals surface area contributed by atoms with Crippen LogP contribution >= 0.6 is 0 Å². The van der Waals surface area contributed by atoms with E-state index in [-0.39, 0.29) is 11.5 Å². The van der Waals surface area contributed by atoms with Crippen LogP contribution < -0.4 is 0 Å². The Morgan fingerprint density at radius 2 is 1.42 bits per heavy atom. The lowest BCUT2D eigenvalue weighted by atomic mass is 9.77. The molecule has 0 amide bonds. The molecule has 1 aliphatic rings. The van der Waals surface area contributed by atoms with E-state index in [2.05, 4.69) is 46.8 Å². The van der Waals surface area contributed by atoms with Crippen LogP contribution in [-0.4, -0.2) is 11.2 Å². The van der Waals surface area contributed by atoms with Crippen LogP contribution in [0.25, 0.3) is 0 Å². The fourth-order valence-corrected chi connectivity index (χ4v) is 3.42. The van der Waals surface area contributed by atoms with Crippen molar-refractivity contribution in [2.75, 3.05) is 0 Å². The largest absolute Gasteiger partial charge is 0.393 e. The molecular weight excluding hydrogens is 232 g/mol. The Kier molecular flexibility index (Phi) is 4.06. The van der Waals surface area contributed by atoms with Crippen molar-refractivity contribution >= 4 is 0 Å². The Labute approximate surface area is 118 Å². The van der Waals surface area contributed by atoms with Gasteiger partial charge in [-0.1, -0.05) is 32.9 Å². The van der Waals surface area contributed by atoms with Gasteiger partial charge in [-0.3, -0.25) is 0 Å². The fraction of sp³-hybridized carbons (Fsp3) is 0.667. The van der Waals surface area contributed by atoms with E-state index in [1.165, 1.54) is 16.7 Å². The first-order valence-electron chi connectivity index (χ1n) is 7.58. The first-order chi connectivity index (χ1) is 8.79. The lowest BCUT2D eigenvalue weighted by molar-refractivity contribution is 0.122. The predicted octanol–water partition coefficient (Wildman–Crippen LogP) is 4.62. The molecule has 0 spiro atoms. The molecule has 0 saturated heterocycles. The Hall–Kier alpha value is -0.820. The number of hydrogen-bond donors (Lipinski definition) is 1. The summed E-state index contributed by atoms with van der Waals surface area (Å²) in [6.07, 6.45) is 4.13. The molecule has 0 aliphatic heterocycles. The quantitative estimate of drug-likeness (QED) is 0.781. The van der Waals surface area contributed by atoms with Crippen molar-refractivity contribution in [2.24, 2.45) is 0 Å². The van der Waals surface area contributed by atoms with E-state index in [0.29, 0.717) is 5.92 Å². The van der Waals surface area contributed by atoms with E-state index in [0.717, 1.165) is 25.7 Å². The summed E-state index contributed by atoms with van der Waals surface area (Å²) in [5, 5.41) is 9.66. The third-order valence-electron chi connectivity index (χ3n) is 4.56. The van der Waals surface area contributed by atoms with Gasteiger partial charge in [-0.05, 0) is 73.1 Å². The smallest absolute Gasteiger partial charge is 0.0540 e. The second-order valence-corrected chi connectivity index (χ2v) is 7.28. The second kappa shape index (κ2) is 5.28. The molecule has 1 nitrogen and oxygen atoms in total. The van der Waals surface area contributed by atoms with Gasteiger partial charge < -0.3 is 5.11 Å². The normalized spacial score (nSPS) is 24.5. The number of aryl methyl sites for hydroxylation is 2. The molecule has 0 bridgehead atoms. The molecule has 1 saturated carbocycles. The SMILES string of the molecule is Cc1cc(C(C)(C)C)cc(C)c1C1CCC(O)CC1. The minimum absolute atomic E-state index is 0.0642. The van der Waals surface area contributed by atoms with Gasteiger partial charge in [0.05, 0.1) is 6.10 Å². The van der Waals surface area contributed by atoms with Crippen molar-refractivity contribution < 1.29 is 5.11 Å². The number of hydrogen-bond acceptors (Lipinski definition) is 1. The molecular formula is C18H28O. The zero-order valence-corrected chi connectivity index (χ0v) is 13.1. The molecule has 1 aromatic rings. The number of rotatable bonds is 1. The van der Waals surface area contributed by atoms with Gasteiger partial charge in [-0.15, -0.1) is 0 Å². The van der Waals surface area contributed by atoms with Crippen molar-refractivity contribution in [2.45, 2.75) is 77.7 Å². The third-order valence-corrected chi connectivity index (χ3v) is 4.56. The van der Waals surface area contributed by atoms with Crippen LogP contribution in [0, 0.1) is 13.8 Å². The molecule has 106 valence electrons. The third kappa shape index (κ3) is 3.20. The molecule has 1 heteroatoms. The molecule has 1 fully saturated rings. The summed E-state index contributed by atoms with van der Waals surface area (Å²) in [5.74, 6) is 0.650. The van der Waals surface area contributed by atoms with Gasteiger partial charge in [-0.2, -0.15) is 0 Å². The van der Waals surface area contributed by atoms with Gasteiger partial charge in [0.1, 0.15) is 0 Å². The molecule has 19 heavy (non-hydrogen) atoms. The summed E-state index contributed by atoms with van der Waals surface area (Å²) in [4.78, 5) is 0. The van der Waals surface area contributed by atoms with Gasteiger partial charge in [0, 0.05) is 0 Å². The van der Waals surface area contributed by atoms with Crippen LogP contribution in [0.1, 0.15) is 74.6 Å². The Bertz CT molecular complexity index is 422. The molecule has 0 heterocycles. The molecule has 1 N–H and O–H groups in total. The highest BCUT2D eigenvalue weighted by Gasteiger charge is 2.24. The Balaban J connectivity index is 2.32. The zero-order chi connectivity index (χ0) is 14.2. The van der Waals surface area contributed by atoms with E-state index < -0.39 is 0 Å². The Morgan fingerprint density at radius 3 is 1.84 bits per heavy atom. The molecule has 0 aromatic heterocycles. The van der Waals surface area contributed by atoms with E-state index in [4.69, 9.17) is 0 Å². The van der Waals surface area contributed by atoms with Gasteiger partial charge in [-0.25, -0.2) is 0 Å². The number of aliphatic hydroxyl groups excluding tert-OH is 1. The van der Waals surface area contributed by atoms with Crippen LogP contribution in [0.15, 0.2) is 12.1 Å². The second-order valence-electron chi connectivity index (χ2n) is 7.28. The molecule has 0 atom stereocenters. The van der Waals surface area contributed by atoms with Crippen LogP contribution in [0.5, 0.6) is 0 Å².